The van der Waals surface area contributed by atoms with Crippen molar-refractivity contribution >= 4 is 0 Å². The summed E-state index contributed by atoms with van der Waals surface area (Å²) in [5, 5.41) is 11.3. The van der Waals surface area contributed by atoms with Crippen LogP contribution in [0.25, 0.3) is 0 Å². The van der Waals surface area contributed by atoms with Gasteiger partial charge in [0.05, 0.1) is 34.5 Å². The van der Waals surface area contributed by atoms with Crippen molar-refractivity contribution in [3.8, 4) is 46.0 Å². The first-order valence-corrected chi connectivity index (χ1v) is 19.4. The molecule has 1 saturated heterocycles. The number of nitrogens with zero attached hydrogens (tertiary/aromatic N) is 3. The van der Waals surface area contributed by atoms with Crippen molar-refractivity contribution in [2.45, 2.75) is 43.9 Å². The van der Waals surface area contributed by atoms with Gasteiger partial charge in [0.25, 0.3) is 0 Å². The number of benzene rings is 4. The van der Waals surface area contributed by atoms with Gasteiger partial charge in [0.2, 0.25) is 5.75 Å². The van der Waals surface area contributed by atoms with Crippen LogP contribution in [0.5, 0.6) is 46.0 Å². The summed E-state index contributed by atoms with van der Waals surface area (Å²) in [6, 6.07) is 20.9. The summed E-state index contributed by atoms with van der Waals surface area (Å²) in [5.41, 5.74) is 6.90. The molecule has 0 radical (unpaired) electrons. The number of rotatable bonds is 8. The van der Waals surface area contributed by atoms with Crippen LogP contribution in [0.3, 0.4) is 0 Å². The first kappa shape index (κ1) is 37.4. The highest BCUT2D eigenvalue weighted by Gasteiger charge is 2.35. The Bertz CT molecular complexity index is 1980. The summed E-state index contributed by atoms with van der Waals surface area (Å²) in [6.07, 6.45) is 2.45. The molecule has 4 aromatic rings. The van der Waals surface area contributed by atoms with Crippen LogP contribution in [-0.2, 0) is 30.4 Å². The summed E-state index contributed by atoms with van der Waals surface area (Å²) in [4.78, 5) is 6.99. The number of aliphatic hydroxyl groups is 1. The average molecular weight is 752 g/mol. The zero-order chi connectivity index (χ0) is 38.1. The van der Waals surface area contributed by atoms with Gasteiger partial charge in [-0.1, -0.05) is 18.2 Å². The fourth-order valence-corrected chi connectivity index (χ4v) is 8.53. The molecule has 9 rings (SSSR count). The van der Waals surface area contributed by atoms with Crippen molar-refractivity contribution in [2.24, 2.45) is 0 Å². The molecule has 5 aliphatic heterocycles. The van der Waals surface area contributed by atoms with Crippen molar-refractivity contribution in [3.63, 3.8) is 0 Å². The molecule has 11 nitrogen and oxygen atoms in total. The summed E-state index contributed by atoms with van der Waals surface area (Å²) >= 11 is 0. The molecule has 0 spiro atoms. The zero-order valence-electron chi connectivity index (χ0n) is 32.6. The van der Waals surface area contributed by atoms with Crippen LogP contribution in [0, 0.1) is 0 Å². The second-order valence-electron chi connectivity index (χ2n) is 15.1. The van der Waals surface area contributed by atoms with Crippen LogP contribution in [0.2, 0.25) is 0 Å². The minimum Gasteiger partial charge on any atom is -0.493 e. The summed E-state index contributed by atoms with van der Waals surface area (Å²) < 4.78 is 43.8. The van der Waals surface area contributed by atoms with Gasteiger partial charge >= 0.3 is 0 Å². The van der Waals surface area contributed by atoms with E-state index in [9.17, 15) is 5.11 Å². The zero-order valence-corrected chi connectivity index (χ0v) is 32.6. The Morgan fingerprint density at radius 1 is 0.709 bits per heavy atom. The van der Waals surface area contributed by atoms with Gasteiger partial charge in [0.15, 0.2) is 34.5 Å². The van der Waals surface area contributed by atoms with Gasteiger partial charge in [-0.05, 0) is 110 Å². The molecule has 0 amide bonds. The molecule has 5 aliphatic rings. The van der Waals surface area contributed by atoms with Crippen LogP contribution in [-0.4, -0.2) is 114 Å². The second kappa shape index (κ2) is 16.3. The molecule has 1 fully saturated rings. The number of fused-ring (bicyclic) bond motifs is 2. The predicted octanol–water partition coefficient (Wildman–Crippen LogP) is 6.23. The molecular weight excluding hydrogens is 698 g/mol. The lowest BCUT2D eigenvalue weighted by atomic mass is 9.87. The molecular formula is C44H53N3O8. The third-order valence-electron chi connectivity index (χ3n) is 11.6. The Balaban J connectivity index is 1.29. The van der Waals surface area contributed by atoms with Gasteiger partial charge in [-0.15, -0.1) is 0 Å². The summed E-state index contributed by atoms with van der Waals surface area (Å²) in [7, 11) is 9.37. The molecule has 55 heavy (non-hydrogen) atoms. The minimum absolute atomic E-state index is 0.0647. The quantitative estimate of drug-likeness (QED) is 0.222. The third-order valence-corrected chi connectivity index (χ3v) is 11.6. The molecule has 1 unspecified atom stereocenters. The topological polar surface area (TPSA) is 94.6 Å². The third kappa shape index (κ3) is 7.81. The van der Waals surface area contributed by atoms with E-state index in [1.807, 2.05) is 18.2 Å². The Morgan fingerprint density at radius 3 is 2.11 bits per heavy atom. The minimum atomic E-state index is -0.732. The van der Waals surface area contributed by atoms with Crippen molar-refractivity contribution in [3.05, 3.63) is 94.0 Å². The summed E-state index contributed by atoms with van der Waals surface area (Å²) in [6.45, 7) is 5.20. The van der Waals surface area contributed by atoms with E-state index in [2.05, 4.69) is 71.3 Å². The normalized spacial score (nSPS) is 20.6. The van der Waals surface area contributed by atoms with Gasteiger partial charge < -0.3 is 38.3 Å². The number of methoxy groups -OCH3 is 3. The predicted molar refractivity (Wildman–Crippen MR) is 210 cm³/mol. The maximum atomic E-state index is 11.3. The largest absolute Gasteiger partial charge is 0.493 e. The van der Waals surface area contributed by atoms with Gasteiger partial charge in [-0.25, -0.2) is 0 Å². The molecule has 3 atom stereocenters. The Hall–Kier alpha value is -4.52. The smallest absolute Gasteiger partial charge is 0.204 e. The first-order chi connectivity index (χ1) is 26.8. The van der Waals surface area contributed by atoms with Crippen molar-refractivity contribution in [2.75, 3.05) is 88.0 Å². The molecule has 6 bridgehead atoms. The molecule has 5 heterocycles. The lowest BCUT2D eigenvalue weighted by molar-refractivity contribution is 0.00424. The van der Waals surface area contributed by atoms with Crippen molar-refractivity contribution in [1.29, 1.82) is 0 Å². The Labute approximate surface area is 324 Å². The molecule has 292 valence electrons. The average Bonchev–Trinajstić information content (AvgIpc) is 3.20. The number of ether oxygens (including phenoxy) is 7. The SMILES string of the molecule is COc1ccc2cc1Oc1ccc(cc1)C[C@H]1c3cc(c(OC)cc3CCN1C)Oc1c(OCC(O)CN3CCOCC3)c(OC)cc3c1[C@H](C2)N(C)CC3. The van der Waals surface area contributed by atoms with Gasteiger partial charge in [0, 0.05) is 50.4 Å². The maximum absolute atomic E-state index is 11.3. The van der Waals surface area contributed by atoms with E-state index in [1.54, 1.807) is 21.3 Å². The van der Waals surface area contributed by atoms with E-state index >= 15 is 0 Å². The first-order valence-electron chi connectivity index (χ1n) is 19.4. The van der Waals surface area contributed by atoms with Gasteiger partial charge in [-0.2, -0.15) is 0 Å². The Morgan fingerprint density at radius 2 is 1.36 bits per heavy atom. The van der Waals surface area contributed by atoms with E-state index in [0.717, 1.165) is 67.9 Å². The second-order valence-corrected chi connectivity index (χ2v) is 15.1. The van der Waals surface area contributed by atoms with Crippen LogP contribution < -0.4 is 28.4 Å². The lowest BCUT2D eigenvalue weighted by Gasteiger charge is -2.37. The van der Waals surface area contributed by atoms with E-state index in [0.29, 0.717) is 66.4 Å². The molecule has 1 N–H and O–H groups in total. The van der Waals surface area contributed by atoms with Gasteiger partial charge in [0.1, 0.15) is 18.5 Å². The van der Waals surface area contributed by atoms with Gasteiger partial charge in [-0.3, -0.25) is 14.7 Å². The van der Waals surface area contributed by atoms with E-state index in [1.165, 1.54) is 16.7 Å². The molecule has 4 aromatic carbocycles. The van der Waals surface area contributed by atoms with Crippen molar-refractivity contribution < 1.29 is 38.3 Å². The standard InChI is InChI=1S/C44H53N3O8/c1-45-14-12-30-23-38(50-4)40-25-34(30)35(45)20-28-6-9-33(10-7-28)54-39-22-29(8-11-37(39)49-3)21-36-42-31(13-15-46(36)2)24-41(51-5)43(44(42)55-40)53-27-32(48)26-47-16-18-52-19-17-47/h6-11,22-25,32,35-36,48H,12-21,26-27H2,1-5H3/t32?,35-,36-/m0/s1. The maximum Gasteiger partial charge on any atom is 0.204 e. The molecule has 0 saturated carbocycles. The number of hydrogen-bond donors (Lipinski definition) is 1. The number of aliphatic hydroxyl groups excluding tert-OH is 1. The fraction of sp³-hybridized carbons (Fsp3) is 0.455. The monoisotopic (exact) mass is 751 g/mol. The van der Waals surface area contributed by atoms with E-state index < -0.39 is 6.10 Å². The molecule has 11 heteroatoms. The van der Waals surface area contributed by atoms with Crippen LogP contribution in [0.4, 0.5) is 0 Å². The lowest BCUT2D eigenvalue weighted by Crippen LogP contribution is -2.42. The van der Waals surface area contributed by atoms with Crippen LogP contribution in [0.1, 0.15) is 45.5 Å². The highest BCUT2D eigenvalue weighted by Crippen LogP contribution is 2.52. The van der Waals surface area contributed by atoms with E-state index in [-0.39, 0.29) is 18.7 Å². The highest BCUT2D eigenvalue weighted by atomic mass is 16.6. The van der Waals surface area contributed by atoms with Crippen LogP contribution >= 0.6 is 0 Å². The van der Waals surface area contributed by atoms with Crippen LogP contribution in [0.15, 0.2) is 60.7 Å². The number of morpholine rings is 1. The molecule has 0 aromatic heterocycles. The fourth-order valence-electron chi connectivity index (χ4n) is 8.53. The number of likely N-dealkylation sites (N-methyl/N-ethyl adjacent to an activating group) is 2. The van der Waals surface area contributed by atoms with E-state index in [4.69, 9.17) is 33.2 Å². The Kier molecular flexibility index (Phi) is 11.1. The summed E-state index contributed by atoms with van der Waals surface area (Å²) in [5.74, 6) is 4.96. The number of hydrogen-bond acceptors (Lipinski definition) is 11. The van der Waals surface area contributed by atoms with Crippen molar-refractivity contribution in [1.82, 2.24) is 14.7 Å². The molecule has 0 aliphatic carbocycles. The highest BCUT2D eigenvalue weighted by molar-refractivity contribution is 5.64. The number of β-amino-alcohol motifs (C(OH)–C–C–N with tert-alkyl or cyclic N) is 1.